The molecule has 1 aromatic heterocycles. The van der Waals surface area contributed by atoms with Gasteiger partial charge in [-0.15, -0.1) is 0 Å². The Morgan fingerprint density at radius 2 is 1.64 bits per heavy atom. The largest absolute Gasteiger partial charge is 0.495 e. The van der Waals surface area contributed by atoms with Crippen molar-refractivity contribution in [3.05, 3.63) is 42.2 Å². The van der Waals surface area contributed by atoms with Crippen LogP contribution in [-0.2, 0) is 0 Å². The molecule has 1 aromatic carbocycles. The van der Waals surface area contributed by atoms with Gasteiger partial charge in [0.05, 0.1) is 12.8 Å². The molecule has 7 nitrogen and oxygen atoms in total. The van der Waals surface area contributed by atoms with Crippen LogP contribution in [-0.4, -0.2) is 67.2 Å². The van der Waals surface area contributed by atoms with Gasteiger partial charge in [-0.25, -0.2) is 9.97 Å². The Morgan fingerprint density at radius 3 is 2.39 bits per heavy atom. The molecule has 0 spiro atoms. The van der Waals surface area contributed by atoms with Gasteiger partial charge in [-0.3, -0.25) is 4.79 Å². The first kappa shape index (κ1) is 18.5. The van der Waals surface area contributed by atoms with Gasteiger partial charge in [-0.05, 0) is 37.5 Å². The quantitative estimate of drug-likeness (QED) is 0.811. The Kier molecular flexibility index (Phi) is 5.60. The molecule has 7 heteroatoms. The highest BCUT2D eigenvalue weighted by molar-refractivity contribution is 5.92. The summed E-state index contributed by atoms with van der Waals surface area (Å²) in [6.45, 7) is 4.98. The lowest BCUT2D eigenvalue weighted by molar-refractivity contribution is 0.0718. The molecule has 148 valence electrons. The fraction of sp³-hybridized carbons (Fsp3) is 0.476. The second kappa shape index (κ2) is 8.46. The molecule has 0 atom stereocenters. The number of likely N-dealkylation sites (tertiary alicyclic amines) is 1. The number of hydrogen-bond donors (Lipinski definition) is 0. The molecular formula is C21H27N5O2. The third-order valence-corrected chi connectivity index (χ3v) is 5.49. The summed E-state index contributed by atoms with van der Waals surface area (Å²) in [4.78, 5) is 28.1. The van der Waals surface area contributed by atoms with Crippen molar-refractivity contribution >= 4 is 17.5 Å². The maximum atomic E-state index is 12.7. The van der Waals surface area contributed by atoms with Gasteiger partial charge in [0.25, 0.3) is 5.91 Å². The summed E-state index contributed by atoms with van der Waals surface area (Å²) < 4.78 is 5.49. The molecule has 2 aliphatic rings. The Bertz CT molecular complexity index is 814. The van der Waals surface area contributed by atoms with Gasteiger partial charge < -0.3 is 19.4 Å². The third kappa shape index (κ3) is 3.88. The normalized spacial score (nSPS) is 17.5. The fourth-order valence-corrected chi connectivity index (χ4v) is 3.92. The van der Waals surface area contributed by atoms with Crippen molar-refractivity contribution in [3.63, 3.8) is 0 Å². The highest BCUT2D eigenvalue weighted by Crippen LogP contribution is 2.28. The van der Waals surface area contributed by atoms with Crippen LogP contribution in [0.2, 0.25) is 0 Å². The smallest absolute Gasteiger partial charge is 0.272 e. The number of carbonyl (C=O) groups excluding carboxylic acids is 1. The molecule has 3 heterocycles. The van der Waals surface area contributed by atoms with Gasteiger partial charge >= 0.3 is 0 Å². The number of aromatic nitrogens is 2. The van der Waals surface area contributed by atoms with Crippen LogP contribution in [0, 0.1) is 0 Å². The minimum absolute atomic E-state index is 0.0241. The zero-order valence-electron chi connectivity index (χ0n) is 16.4. The number of methoxy groups -OCH3 is 1. The Balaban J connectivity index is 1.43. The number of piperidine rings is 1. The van der Waals surface area contributed by atoms with Gasteiger partial charge in [0.15, 0.2) is 0 Å². The number of carbonyl (C=O) groups is 1. The van der Waals surface area contributed by atoms with Crippen LogP contribution in [0.3, 0.4) is 0 Å². The summed E-state index contributed by atoms with van der Waals surface area (Å²) in [5.41, 5.74) is 1.61. The Labute approximate surface area is 165 Å². The number of hydrogen-bond acceptors (Lipinski definition) is 6. The molecule has 0 saturated carbocycles. The molecule has 2 aliphatic heterocycles. The summed E-state index contributed by atoms with van der Waals surface area (Å²) in [5.74, 6) is 1.56. The van der Waals surface area contributed by atoms with Crippen molar-refractivity contribution in [1.29, 1.82) is 0 Å². The maximum absolute atomic E-state index is 12.7. The van der Waals surface area contributed by atoms with Gasteiger partial charge in [-0.2, -0.15) is 0 Å². The second-order valence-electron chi connectivity index (χ2n) is 7.24. The van der Waals surface area contributed by atoms with Crippen molar-refractivity contribution < 1.29 is 9.53 Å². The lowest BCUT2D eigenvalue weighted by atomic mass is 10.1. The van der Waals surface area contributed by atoms with Crippen LogP contribution in [0.5, 0.6) is 5.75 Å². The van der Waals surface area contributed by atoms with Crippen LogP contribution in [0.15, 0.2) is 36.5 Å². The van der Waals surface area contributed by atoms with Crippen LogP contribution >= 0.6 is 0 Å². The highest BCUT2D eigenvalue weighted by Gasteiger charge is 2.24. The first-order chi connectivity index (χ1) is 13.8. The lowest BCUT2D eigenvalue weighted by Gasteiger charge is -2.36. The zero-order chi connectivity index (χ0) is 19.3. The van der Waals surface area contributed by atoms with E-state index in [0.717, 1.165) is 63.5 Å². The van der Waals surface area contributed by atoms with E-state index in [0.29, 0.717) is 11.6 Å². The number of rotatable bonds is 4. The average molecular weight is 381 g/mol. The minimum atomic E-state index is 0.0241. The van der Waals surface area contributed by atoms with Crippen molar-refractivity contribution in [1.82, 2.24) is 14.9 Å². The molecule has 0 unspecified atom stereocenters. The first-order valence-corrected chi connectivity index (χ1v) is 10.0. The predicted molar refractivity (Wildman–Crippen MR) is 109 cm³/mol. The van der Waals surface area contributed by atoms with Crippen molar-refractivity contribution in [2.75, 3.05) is 56.2 Å². The van der Waals surface area contributed by atoms with Crippen molar-refractivity contribution in [3.8, 4) is 5.75 Å². The second-order valence-corrected chi connectivity index (χ2v) is 7.24. The zero-order valence-corrected chi connectivity index (χ0v) is 16.4. The van der Waals surface area contributed by atoms with E-state index in [1.165, 1.54) is 6.42 Å². The molecule has 4 rings (SSSR count). The molecule has 0 N–H and O–H groups in total. The molecular weight excluding hydrogens is 354 g/mol. The minimum Gasteiger partial charge on any atom is -0.495 e. The van der Waals surface area contributed by atoms with Crippen LogP contribution in [0.4, 0.5) is 11.6 Å². The van der Waals surface area contributed by atoms with Crippen LogP contribution < -0.4 is 14.5 Å². The summed E-state index contributed by atoms with van der Waals surface area (Å²) in [6, 6.07) is 9.81. The summed E-state index contributed by atoms with van der Waals surface area (Å²) in [6.07, 6.45) is 5.06. The summed E-state index contributed by atoms with van der Waals surface area (Å²) in [5, 5.41) is 0. The molecule has 0 aliphatic carbocycles. The number of nitrogens with zero attached hydrogens (tertiary/aromatic N) is 5. The predicted octanol–water partition coefficient (Wildman–Crippen LogP) is 2.44. The highest BCUT2D eigenvalue weighted by atomic mass is 16.5. The van der Waals surface area contributed by atoms with Crippen molar-refractivity contribution in [2.45, 2.75) is 19.3 Å². The summed E-state index contributed by atoms with van der Waals surface area (Å²) >= 11 is 0. The van der Waals surface area contributed by atoms with Gasteiger partial charge in [-0.1, -0.05) is 12.1 Å². The number of amides is 1. The molecule has 0 radical (unpaired) electrons. The van der Waals surface area contributed by atoms with Gasteiger partial charge in [0.1, 0.15) is 11.4 Å². The molecule has 1 amide bonds. The number of para-hydroxylation sites is 2. The number of benzene rings is 1. The SMILES string of the molecule is COc1ccccc1N1CCN(c2nccc(C(=O)N3CCCCC3)n2)CC1. The lowest BCUT2D eigenvalue weighted by Crippen LogP contribution is -2.47. The Morgan fingerprint density at radius 1 is 0.929 bits per heavy atom. The van der Waals surface area contributed by atoms with Gasteiger partial charge in [0, 0.05) is 45.5 Å². The summed E-state index contributed by atoms with van der Waals surface area (Å²) in [7, 11) is 1.70. The van der Waals surface area contributed by atoms with E-state index in [1.54, 1.807) is 19.4 Å². The standard InChI is InChI=1S/C21H27N5O2/c1-28-19-8-4-3-7-18(19)24-13-15-26(16-14-24)21-22-10-9-17(23-21)20(27)25-11-5-2-6-12-25/h3-4,7-10H,2,5-6,11-16H2,1H3. The van der Waals surface area contributed by atoms with E-state index in [2.05, 4.69) is 25.8 Å². The van der Waals surface area contributed by atoms with Crippen molar-refractivity contribution in [2.24, 2.45) is 0 Å². The topological polar surface area (TPSA) is 61.8 Å². The first-order valence-electron chi connectivity index (χ1n) is 10.0. The Hall–Kier alpha value is -2.83. The molecule has 2 aromatic rings. The third-order valence-electron chi connectivity index (χ3n) is 5.49. The van der Waals surface area contributed by atoms with Gasteiger partial charge in [0.2, 0.25) is 5.95 Å². The average Bonchev–Trinajstić information content (AvgIpc) is 2.79. The maximum Gasteiger partial charge on any atom is 0.272 e. The number of piperazine rings is 1. The van der Waals surface area contributed by atoms with E-state index >= 15 is 0 Å². The van der Waals surface area contributed by atoms with E-state index < -0.39 is 0 Å². The molecule has 2 fully saturated rings. The van der Waals surface area contributed by atoms with E-state index in [1.807, 2.05) is 23.1 Å². The molecule has 2 saturated heterocycles. The molecule has 28 heavy (non-hydrogen) atoms. The number of anilines is 2. The monoisotopic (exact) mass is 381 g/mol. The van der Waals surface area contributed by atoms with E-state index in [-0.39, 0.29) is 5.91 Å². The van der Waals surface area contributed by atoms with E-state index in [4.69, 9.17) is 4.74 Å². The van der Waals surface area contributed by atoms with Crippen LogP contribution in [0.25, 0.3) is 0 Å². The number of ether oxygens (including phenoxy) is 1. The molecule has 0 bridgehead atoms. The van der Waals surface area contributed by atoms with Crippen LogP contribution in [0.1, 0.15) is 29.8 Å². The van der Waals surface area contributed by atoms with E-state index in [9.17, 15) is 4.79 Å². The fourth-order valence-electron chi connectivity index (χ4n) is 3.92.